The second-order valence-electron chi connectivity index (χ2n) is 6.48. The molecule has 150 valence electrons. The van der Waals surface area contributed by atoms with Gasteiger partial charge < -0.3 is 4.74 Å². The molecular weight excluding hydrogens is 402 g/mol. The Balaban J connectivity index is 1.46. The number of carbonyl (C=O) groups is 1. The fourth-order valence-electron chi connectivity index (χ4n) is 2.87. The normalized spacial score (nSPS) is 12.2. The summed E-state index contributed by atoms with van der Waals surface area (Å²) < 4.78 is 9.03. The topological polar surface area (TPSA) is 74.8 Å². The quantitative estimate of drug-likeness (QED) is 0.333. The Morgan fingerprint density at radius 1 is 1.10 bits per heavy atom. The van der Waals surface area contributed by atoms with Crippen molar-refractivity contribution in [3.8, 4) is 5.69 Å². The lowest BCUT2D eigenvalue weighted by Crippen LogP contribution is -2.16. The Morgan fingerprint density at radius 2 is 1.90 bits per heavy atom. The first kappa shape index (κ1) is 19.6. The summed E-state index contributed by atoms with van der Waals surface area (Å²) in [6.07, 6.45) is 9.05. The van der Waals surface area contributed by atoms with E-state index in [0.29, 0.717) is 11.6 Å². The summed E-state index contributed by atoms with van der Waals surface area (Å²) in [6.45, 7) is 0.340. The van der Waals surface area contributed by atoms with Crippen molar-refractivity contribution in [3.63, 3.8) is 0 Å². The number of hydrogen-bond acceptors (Lipinski definition) is 5. The minimum atomic E-state index is -0.534. The molecule has 8 heteroatoms. The molecule has 4 aromatic rings. The molecule has 0 radical (unpaired) electrons. The number of nitrogens with zero attached hydrogens (tertiary/aromatic N) is 5. The fourth-order valence-corrected chi connectivity index (χ4v) is 3.00. The first-order valence-electron chi connectivity index (χ1n) is 9.24. The Labute approximate surface area is 178 Å². The molecule has 0 aliphatic carbocycles. The number of esters is 1. The molecule has 0 aliphatic rings. The lowest BCUT2D eigenvalue weighted by molar-refractivity contribution is -0.144. The zero-order valence-electron chi connectivity index (χ0n) is 15.9. The number of hydrogen-bond donors (Lipinski definition) is 0. The first-order valence-corrected chi connectivity index (χ1v) is 9.62. The third-order valence-electron chi connectivity index (χ3n) is 4.35. The van der Waals surface area contributed by atoms with Crippen molar-refractivity contribution < 1.29 is 9.53 Å². The average Bonchev–Trinajstić information content (AvgIpc) is 3.45. The van der Waals surface area contributed by atoms with Gasteiger partial charge in [0.1, 0.15) is 18.8 Å². The van der Waals surface area contributed by atoms with Crippen LogP contribution >= 0.6 is 11.6 Å². The van der Waals surface area contributed by atoms with Crippen molar-refractivity contribution in [2.75, 3.05) is 0 Å². The van der Waals surface area contributed by atoms with Crippen LogP contribution in [0.2, 0.25) is 5.02 Å². The van der Waals surface area contributed by atoms with E-state index in [9.17, 15) is 4.79 Å². The van der Waals surface area contributed by atoms with Gasteiger partial charge in [0, 0.05) is 22.9 Å². The predicted octanol–water partition coefficient (Wildman–Crippen LogP) is 4.12. The Hall–Kier alpha value is -3.71. The lowest BCUT2D eigenvalue weighted by Gasteiger charge is -2.17. The van der Waals surface area contributed by atoms with Gasteiger partial charge in [0.15, 0.2) is 0 Å². The summed E-state index contributed by atoms with van der Waals surface area (Å²) in [7, 11) is 0. The predicted molar refractivity (Wildman–Crippen MR) is 113 cm³/mol. The van der Waals surface area contributed by atoms with Crippen molar-refractivity contribution in [3.05, 3.63) is 102 Å². The van der Waals surface area contributed by atoms with Crippen LogP contribution in [-0.4, -0.2) is 30.5 Å². The molecule has 1 atom stereocenters. The standard InChI is InChI=1S/C22H18ClN5O2/c23-19-9-7-18(8-10-19)21(14-27-16-24-15-26-27)30-22(29)11-6-17-12-25-28(13-17)20-4-2-1-3-5-20/h1-13,15-16,21H,14H2. The fraction of sp³-hybridized carbons (Fsp3) is 0.0909. The molecule has 4 rings (SSSR count). The SMILES string of the molecule is O=C(C=Cc1cnn(-c2ccccc2)c1)OC(Cn1cncn1)c1ccc(Cl)cc1. The maximum atomic E-state index is 12.5. The maximum Gasteiger partial charge on any atom is 0.331 e. The highest BCUT2D eigenvalue weighted by Gasteiger charge is 2.17. The van der Waals surface area contributed by atoms with Crippen molar-refractivity contribution in [2.45, 2.75) is 12.6 Å². The second kappa shape index (κ2) is 9.19. The van der Waals surface area contributed by atoms with Gasteiger partial charge in [-0.15, -0.1) is 0 Å². The van der Waals surface area contributed by atoms with E-state index in [1.807, 2.05) is 48.7 Å². The molecular formula is C22H18ClN5O2. The van der Waals surface area contributed by atoms with Gasteiger partial charge in [-0.05, 0) is 35.9 Å². The summed E-state index contributed by atoms with van der Waals surface area (Å²) in [4.78, 5) is 16.4. The molecule has 0 fully saturated rings. The number of ether oxygens (including phenoxy) is 1. The summed E-state index contributed by atoms with van der Waals surface area (Å²) in [6, 6.07) is 16.9. The monoisotopic (exact) mass is 419 g/mol. The van der Waals surface area contributed by atoms with Crippen LogP contribution in [0.1, 0.15) is 17.2 Å². The Kier molecular flexibility index (Phi) is 6.01. The minimum Gasteiger partial charge on any atom is -0.452 e. The molecule has 2 aromatic heterocycles. The van der Waals surface area contributed by atoms with Crippen LogP contribution in [-0.2, 0) is 16.1 Å². The number of halogens is 1. The molecule has 0 saturated heterocycles. The van der Waals surface area contributed by atoms with E-state index in [1.54, 1.807) is 40.1 Å². The molecule has 0 aliphatic heterocycles. The van der Waals surface area contributed by atoms with E-state index >= 15 is 0 Å². The molecule has 30 heavy (non-hydrogen) atoms. The molecule has 7 nitrogen and oxygen atoms in total. The van der Waals surface area contributed by atoms with Crippen molar-refractivity contribution in [2.24, 2.45) is 0 Å². The number of aromatic nitrogens is 5. The van der Waals surface area contributed by atoms with Gasteiger partial charge >= 0.3 is 5.97 Å². The highest BCUT2D eigenvalue weighted by molar-refractivity contribution is 6.30. The highest BCUT2D eigenvalue weighted by atomic mass is 35.5. The minimum absolute atomic E-state index is 0.340. The van der Waals surface area contributed by atoms with Crippen LogP contribution in [0.5, 0.6) is 0 Å². The molecule has 0 spiro atoms. The Morgan fingerprint density at radius 3 is 2.63 bits per heavy atom. The molecule has 0 amide bonds. The molecule has 2 aromatic carbocycles. The smallest absolute Gasteiger partial charge is 0.331 e. The molecule has 0 bridgehead atoms. The van der Waals surface area contributed by atoms with E-state index < -0.39 is 12.1 Å². The Bertz CT molecular complexity index is 1120. The average molecular weight is 420 g/mol. The van der Waals surface area contributed by atoms with Crippen molar-refractivity contribution in [1.82, 2.24) is 24.5 Å². The van der Waals surface area contributed by atoms with E-state index in [2.05, 4.69) is 15.2 Å². The number of benzene rings is 2. The highest BCUT2D eigenvalue weighted by Crippen LogP contribution is 2.22. The van der Waals surface area contributed by atoms with Crippen LogP contribution in [0.3, 0.4) is 0 Å². The summed E-state index contributed by atoms with van der Waals surface area (Å²) >= 11 is 5.97. The van der Waals surface area contributed by atoms with Gasteiger partial charge in [-0.1, -0.05) is 41.9 Å². The largest absolute Gasteiger partial charge is 0.452 e. The van der Waals surface area contributed by atoms with Gasteiger partial charge in [0.05, 0.1) is 18.4 Å². The zero-order valence-corrected chi connectivity index (χ0v) is 16.6. The van der Waals surface area contributed by atoms with E-state index in [1.165, 1.54) is 12.4 Å². The van der Waals surface area contributed by atoms with Gasteiger partial charge in [-0.3, -0.25) is 0 Å². The van der Waals surface area contributed by atoms with Crippen LogP contribution < -0.4 is 0 Å². The summed E-state index contributed by atoms with van der Waals surface area (Å²) in [5, 5.41) is 9.02. The van der Waals surface area contributed by atoms with Gasteiger partial charge in [-0.25, -0.2) is 19.1 Å². The van der Waals surface area contributed by atoms with Crippen molar-refractivity contribution >= 4 is 23.6 Å². The van der Waals surface area contributed by atoms with E-state index in [4.69, 9.17) is 16.3 Å². The number of carbonyl (C=O) groups excluding carboxylic acids is 1. The van der Waals surface area contributed by atoms with Gasteiger partial charge in [0.25, 0.3) is 0 Å². The third kappa shape index (κ3) is 5.01. The van der Waals surface area contributed by atoms with Gasteiger partial charge in [0.2, 0.25) is 0 Å². The van der Waals surface area contributed by atoms with Gasteiger partial charge in [-0.2, -0.15) is 10.2 Å². The maximum absolute atomic E-state index is 12.5. The number of para-hydroxylation sites is 1. The van der Waals surface area contributed by atoms with E-state index in [-0.39, 0.29) is 0 Å². The lowest BCUT2D eigenvalue weighted by atomic mass is 10.1. The van der Waals surface area contributed by atoms with Crippen LogP contribution in [0.4, 0.5) is 0 Å². The van der Waals surface area contributed by atoms with Crippen LogP contribution in [0.25, 0.3) is 11.8 Å². The second-order valence-corrected chi connectivity index (χ2v) is 6.92. The third-order valence-corrected chi connectivity index (χ3v) is 4.61. The summed E-state index contributed by atoms with van der Waals surface area (Å²) in [5.41, 5.74) is 2.54. The van der Waals surface area contributed by atoms with Crippen LogP contribution in [0.15, 0.2) is 85.7 Å². The van der Waals surface area contributed by atoms with Crippen LogP contribution in [0, 0.1) is 0 Å². The molecule has 2 heterocycles. The molecule has 0 saturated carbocycles. The molecule has 0 N–H and O–H groups in total. The first-order chi connectivity index (χ1) is 14.7. The number of rotatable bonds is 7. The van der Waals surface area contributed by atoms with E-state index in [0.717, 1.165) is 16.8 Å². The zero-order chi connectivity index (χ0) is 20.8. The molecule has 1 unspecified atom stereocenters. The summed E-state index contributed by atoms with van der Waals surface area (Å²) in [5.74, 6) is -0.470. The van der Waals surface area contributed by atoms with Crippen molar-refractivity contribution in [1.29, 1.82) is 0 Å².